The van der Waals surface area contributed by atoms with Crippen molar-refractivity contribution in [3.8, 4) is 0 Å². The molecule has 7 heteroatoms. The lowest BCUT2D eigenvalue weighted by molar-refractivity contribution is 0.429. The molecule has 2 aromatic rings. The number of aliphatic hydroxyl groups is 1. The van der Waals surface area contributed by atoms with E-state index in [2.05, 4.69) is 71.5 Å². The predicted octanol–water partition coefficient (Wildman–Crippen LogP) is 4.29. The van der Waals surface area contributed by atoms with E-state index < -0.39 is 0 Å². The van der Waals surface area contributed by atoms with E-state index in [-0.39, 0.29) is 10.9 Å². The molecule has 1 aromatic carbocycles. The topological polar surface area (TPSA) is 50.9 Å². The summed E-state index contributed by atoms with van der Waals surface area (Å²) in [5.74, 6) is 0.188. The molecule has 0 saturated carbocycles. The van der Waals surface area contributed by atoms with Gasteiger partial charge in [0.15, 0.2) is 5.76 Å². The van der Waals surface area contributed by atoms with Gasteiger partial charge in [-0.3, -0.25) is 0 Å². The molecule has 0 spiro atoms. The van der Waals surface area contributed by atoms with Crippen molar-refractivity contribution in [3.63, 3.8) is 0 Å². The maximum atomic E-state index is 10.4. The molecule has 2 unspecified atom stereocenters. The highest BCUT2D eigenvalue weighted by molar-refractivity contribution is 14.1. The molecular weight excluding hydrogens is 511 g/mol. The third-order valence-corrected chi connectivity index (χ3v) is 4.92. The first-order chi connectivity index (χ1) is 9.85. The average molecular weight is 523 g/mol. The number of benzene rings is 1. The van der Waals surface area contributed by atoms with Crippen molar-refractivity contribution in [2.24, 2.45) is 0 Å². The minimum Gasteiger partial charge on any atom is -0.505 e. The van der Waals surface area contributed by atoms with Gasteiger partial charge in [-0.25, -0.2) is 0 Å². The minimum absolute atomic E-state index is 0.188. The Bertz CT molecular complexity index is 821. The smallest absolute Gasteiger partial charge is 0.156 e. The first-order valence-electron chi connectivity index (χ1n) is 6.19. The van der Waals surface area contributed by atoms with Gasteiger partial charge in [0.25, 0.3) is 0 Å². The molecular formula is C14H12I2N3OP. The van der Waals surface area contributed by atoms with E-state index in [0.717, 1.165) is 18.2 Å². The normalized spacial score (nSPS) is 22.6. The Morgan fingerprint density at radius 3 is 2.71 bits per heavy atom. The molecule has 1 heterocycles. The fraction of sp³-hybridized carbons (Fsp3) is 0.143. The summed E-state index contributed by atoms with van der Waals surface area (Å²) in [5.41, 5.74) is 2.20. The van der Waals surface area contributed by atoms with Crippen LogP contribution in [0.15, 0.2) is 45.8 Å². The Kier molecular flexibility index (Phi) is 4.13. The molecule has 4 nitrogen and oxygen atoms in total. The van der Waals surface area contributed by atoms with Gasteiger partial charge in [0.2, 0.25) is 0 Å². The highest BCUT2D eigenvalue weighted by Crippen LogP contribution is 2.33. The molecule has 3 rings (SSSR count). The molecule has 108 valence electrons. The number of fused-ring (bicyclic) bond motifs is 1. The standard InChI is InChI=1S/C14H12I2N3OP/c1-14(21)5-4-12(13(20)9(16)7-14)19-17-10-3-2-8(15)6-11(10)18-19/h2-7,20H,21H2,1H3. The Morgan fingerprint density at radius 1 is 1.24 bits per heavy atom. The second-order valence-electron chi connectivity index (χ2n) is 5.05. The fourth-order valence-corrected chi connectivity index (χ4v) is 4.03. The third-order valence-electron chi connectivity index (χ3n) is 3.06. The summed E-state index contributed by atoms with van der Waals surface area (Å²) in [5, 5.41) is 19.1. The third kappa shape index (κ3) is 3.17. The molecule has 1 aliphatic rings. The maximum Gasteiger partial charge on any atom is 0.156 e. The maximum absolute atomic E-state index is 10.4. The summed E-state index contributed by atoms with van der Waals surface area (Å²) in [4.78, 5) is 1.49. The molecule has 21 heavy (non-hydrogen) atoms. The van der Waals surface area contributed by atoms with Crippen LogP contribution in [0.25, 0.3) is 16.7 Å². The molecule has 0 radical (unpaired) electrons. The van der Waals surface area contributed by atoms with E-state index in [1.807, 2.05) is 36.4 Å². The van der Waals surface area contributed by atoms with Crippen molar-refractivity contribution < 1.29 is 5.11 Å². The lowest BCUT2D eigenvalue weighted by atomic mass is 10.1. The van der Waals surface area contributed by atoms with E-state index in [4.69, 9.17) is 0 Å². The lowest BCUT2D eigenvalue weighted by Crippen LogP contribution is -2.06. The van der Waals surface area contributed by atoms with Gasteiger partial charge in [-0.1, -0.05) is 12.2 Å². The Hall–Kier alpha value is -0.470. The number of nitrogens with zero attached hydrogens (tertiary/aromatic N) is 3. The predicted molar refractivity (Wildman–Crippen MR) is 105 cm³/mol. The molecule has 0 bridgehead atoms. The van der Waals surface area contributed by atoms with Crippen LogP contribution in [-0.2, 0) is 0 Å². The van der Waals surface area contributed by atoms with E-state index >= 15 is 0 Å². The molecule has 0 saturated heterocycles. The minimum atomic E-state index is -0.200. The van der Waals surface area contributed by atoms with Crippen molar-refractivity contribution in [1.29, 1.82) is 0 Å². The van der Waals surface area contributed by atoms with E-state index in [1.165, 1.54) is 4.80 Å². The van der Waals surface area contributed by atoms with Gasteiger partial charge in [0.1, 0.15) is 16.7 Å². The Balaban J connectivity index is 2.17. The summed E-state index contributed by atoms with van der Waals surface area (Å²) in [6.07, 6.45) is 5.85. The number of aromatic nitrogens is 3. The molecule has 0 amide bonds. The summed E-state index contributed by atoms with van der Waals surface area (Å²) >= 11 is 4.37. The zero-order valence-electron chi connectivity index (χ0n) is 11.1. The van der Waals surface area contributed by atoms with Gasteiger partial charge < -0.3 is 5.11 Å². The Morgan fingerprint density at radius 2 is 1.95 bits per heavy atom. The van der Waals surface area contributed by atoms with E-state index in [1.54, 1.807) is 0 Å². The zero-order chi connectivity index (χ0) is 15.2. The molecule has 0 fully saturated rings. The first-order valence-corrected chi connectivity index (χ1v) is 8.92. The van der Waals surface area contributed by atoms with Gasteiger partial charge in [-0.15, -0.1) is 24.2 Å². The highest BCUT2D eigenvalue weighted by Gasteiger charge is 2.21. The zero-order valence-corrected chi connectivity index (χ0v) is 16.6. The SMILES string of the molecule is CC1(P)C=CC(n2nc3ccc(I)cc3n2)=C(O)C(I)=C1. The van der Waals surface area contributed by atoms with Crippen LogP contribution in [-0.4, -0.2) is 25.3 Å². The second kappa shape index (κ2) is 5.62. The fourth-order valence-electron chi connectivity index (χ4n) is 2.01. The van der Waals surface area contributed by atoms with Crippen LogP contribution in [0.3, 0.4) is 0 Å². The number of hydrogen-bond donors (Lipinski definition) is 1. The van der Waals surface area contributed by atoms with Crippen LogP contribution < -0.4 is 0 Å². The van der Waals surface area contributed by atoms with Crippen molar-refractivity contribution >= 4 is 71.2 Å². The number of aliphatic hydroxyl groups excluding tert-OH is 1. The van der Waals surface area contributed by atoms with Crippen LogP contribution in [0.4, 0.5) is 0 Å². The summed E-state index contributed by atoms with van der Waals surface area (Å²) in [7, 11) is 2.76. The highest BCUT2D eigenvalue weighted by atomic mass is 127. The average Bonchev–Trinajstić information content (AvgIpc) is 2.76. The molecule has 1 aromatic heterocycles. The van der Waals surface area contributed by atoms with Crippen LogP contribution in [0.2, 0.25) is 0 Å². The summed E-state index contributed by atoms with van der Waals surface area (Å²) in [6, 6.07) is 5.89. The first kappa shape index (κ1) is 15.4. The van der Waals surface area contributed by atoms with E-state index in [9.17, 15) is 5.11 Å². The monoisotopic (exact) mass is 523 g/mol. The number of allylic oxidation sites excluding steroid dienone is 5. The van der Waals surface area contributed by atoms with Gasteiger partial charge in [0, 0.05) is 8.73 Å². The second-order valence-corrected chi connectivity index (χ2v) is 8.70. The molecule has 1 aliphatic carbocycles. The van der Waals surface area contributed by atoms with Gasteiger partial charge >= 0.3 is 0 Å². The Labute approximate surface area is 151 Å². The van der Waals surface area contributed by atoms with Crippen molar-refractivity contribution in [3.05, 3.63) is 49.3 Å². The lowest BCUT2D eigenvalue weighted by Gasteiger charge is -2.13. The van der Waals surface area contributed by atoms with Gasteiger partial charge in [0.05, 0.1) is 3.58 Å². The molecule has 0 aliphatic heterocycles. The number of halogens is 2. The summed E-state index contributed by atoms with van der Waals surface area (Å²) < 4.78 is 1.88. The quantitative estimate of drug-likeness (QED) is 0.449. The van der Waals surface area contributed by atoms with Gasteiger partial charge in [-0.2, -0.15) is 0 Å². The van der Waals surface area contributed by atoms with Crippen molar-refractivity contribution in [1.82, 2.24) is 15.0 Å². The van der Waals surface area contributed by atoms with E-state index in [0.29, 0.717) is 5.70 Å². The van der Waals surface area contributed by atoms with Crippen LogP contribution in [0.5, 0.6) is 0 Å². The van der Waals surface area contributed by atoms with Crippen LogP contribution in [0.1, 0.15) is 6.92 Å². The van der Waals surface area contributed by atoms with Crippen molar-refractivity contribution in [2.45, 2.75) is 12.1 Å². The van der Waals surface area contributed by atoms with Crippen LogP contribution in [0, 0.1) is 3.57 Å². The molecule has 1 N–H and O–H groups in total. The summed E-state index contributed by atoms with van der Waals surface area (Å²) in [6.45, 7) is 2.05. The molecule has 2 atom stereocenters. The largest absolute Gasteiger partial charge is 0.505 e. The van der Waals surface area contributed by atoms with Crippen molar-refractivity contribution in [2.75, 3.05) is 0 Å². The van der Waals surface area contributed by atoms with Crippen LogP contribution >= 0.6 is 54.4 Å². The number of hydrogen-bond acceptors (Lipinski definition) is 3. The van der Waals surface area contributed by atoms with Gasteiger partial charge in [-0.05, 0) is 76.4 Å². The number of rotatable bonds is 1.